The Kier molecular flexibility index (Phi) is 5.80. The van der Waals surface area contributed by atoms with E-state index in [0.29, 0.717) is 5.75 Å². The van der Waals surface area contributed by atoms with Gasteiger partial charge < -0.3 is 5.32 Å². The molecule has 2 heterocycles. The summed E-state index contributed by atoms with van der Waals surface area (Å²) in [6, 6.07) is 15.9. The predicted molar refractivity (Wildman–Crippen MR) is 101 cm³/mol. The molecule has 2 aromatic heterocycles. The smallest absolute Gasteiger partial charge is 0.230 e. The van der Waals surface area contributed by atoms with Crippen LogP contribution in [-0.2, 0) is 4.79 Å². The summed E-state index contributed by atoms with van der Waals surface area (Å²) in [6.45, 7) is 1.99. The Morgan fingerprint density at radius 3 is 2.44 bits per heavy atom. The van der Waals surface area contributed by atoms with Crippen LogP contribution >= 0.6 is 11.8 Å². The third-order valence-corrected chi connectivity index (χ3v) is 4.81. The van der Waals surface area contributed by atoms with E-state index in [4.69, 9.17) is 0 Å². The minimum Gasteiger partial charge on any atom is -0.349 e. The molecule has 1 amide bonds. The lowest BCUT2D eigenvalue weighted by atomic mass is 10.0. The van der Waals surface area contributed by atoms with E-state index in [9.17, 15) is 4.79 Å². The van der Waals surface area contributed by atoms with Gasteiger partial charge in [-0.05, 0) is 41.8 Å². The van der Waals surface area contributed by atoms with E-state index in [2.05, 4.69) is 27.4 Å². The first-order chi connectivity index (χ1) is 12.2. The van der Waals surface area contributed by atoms with Gasteiger partial charge in [0.25, 0.3) is 0 Å². The molecule has 1 atom stereocenters. The van der Waals surface area contributed by atoms with Crippen LogP contribution in [0.5, 0.6) is 0 Å². The molecule has 0 fully saturated rings. The number of hydrogen-bond acceptors (Lipinski definition) is 4. The van der Waals surface area contributed by atoms with E-state index in [1.54, 1.807) is 18.6 Å². The van der Waals surface area contributed by atoms with Crippen LogP contribution in [0, 0.1) is 0 Å². The number of thioether (sulfide) groups is 1. The molecule has 0 aliphatic heterocycles. The molecule has 5 heteroatoms. The molecule has 0 aliphatic rings. The van der Waals surface area contributed by atoms with Crippen LogP contribution < -0.4 is 5.32 Å². The number of aromatic nitrogens is 2. The minimum absolute atomic E-state index is 0.0191. The topological polar surface area (TPSA) is 54.9 Å². The van der Waals surface area contributed by atoms with E-state index >= 15 is 0 Å². The molecular weight excluding hydrogens is 330 g/mol. The zero-order valence-electron chi connectivity index (χ0n) is 13.9. The van der Waals surface area contributed by atoms with Crippen molar-refractivity contribution in [1.29, 1.82) is 0 Å². The second-order valence-corrected chi connectivity index (χ2v) is 6.67. The number of nitrogens with one attached hydrogen (secondary N) is 1. The van der Waals surface area contributed by atoms with Gasteiger partial charge in [-0.25, -0.2) is 0 Å². The summed E-state index contributed by atoms with van der Waals surface area (Å²) in [7, 11) is 0. The lowest BCUT2D eigenvalue weighted by Crippen LogP contribution is -2.28. The van der Waals surface area contributed by atoms with Crippen molar-refractivity contribution in [2.24, 2.45) is 0 Å². The maximum absolute atomic E-state index is 12.1. The summed E-state index contributed by atoms with van der Waals surface area (Å²) in [6.07, 6.45) is 7.06. The van der Waals surface area contributed by atoms with E-state index < -0.39 is 0 Å². The van der Waals surface area contributed by atoms with Crippen molar-refractivity contribution >= 4 is 17.7 Å². The van der Waals surface area contributed by atoms with Gasteiger partial charge in [-0.1, -0.05) is 30.3 Å². The number of pyridine rings is 2. The fraction of sp³-hybridized carbons (Fsp3) is 0.150. The molecule has 25 heavy (non-hydrogen) atoms. The molecule has 0 spiro atoms. The highest BCUT2D eigenvalue weighted by molar-refractivity contribution is 8.00. The molecule has 126 valence electrons. The highest BCUT2D eigenvalue weighted by Crippen LogP contribution is 2.21. The van der Waals surface area contributed by atoms with Crippen molar-refractivity contribution in [2.45, 2.75) is 17.9 Å². The first-order valence-electron chi connectivity index (χ1n) is 8.05. The van der Waals surface area contributed by atoms with E-state index in [1.165, 1.54) is 11.8 Å². The van der Waals surface area contributed by atoms with Crippen LogP contribution in [0.4, 0.5) is 0 Å². The number of rotatable bonds is 6. The molecule has 0 unspecified atom stereocenters. The van der Waals surface area contributed by atoms with Crippen molar-refractivity contribution in [3.05, 3.63) is 78.9 Å². The van der Waals surface area contributed by atoms with Gasteiger partial charge in [-0.3, -0.25) is 14.8 Å². The maximum atomic E-state index is 12.1. The van der Waals surface area contributed by atoms with Gasteiger partial charge in [0.2, 0.25) is 5.91 Å². The lowest BCUT2D eigenvalue weighted by molar-refractivity contribution is -0.119. The molecule has 1 aromatic carbocycles. The van der Waals surface area contributed by atoms with Gasteiger partial charge in [-0.2, -0.15) is 0 Å². The number of carbonyl (C=O) groups excluding carboxylic acids is 1. The number of carbonyl (C=O) groups is 1. The SMILES string of the molecule is C[C@@H](NC(=O)CSc1ccncc1)c1ccc(-c2cccnc2)cc1. The zero-order valence-corrected chi connectivity index (χ0v) is 14.7. The Bertz CT molecular complexity index is 807. The van der Waals surface area contributed by atoms with Crippen molar-refractivity contribution < 1.29 is 4.79 Å². The maximum Gasteiger partial charge on any atom is 0.230 e. The highest BCUT2D eigenvalue weighted by atomic mass is 32.2. The van der Waals surface area contributed by atoms with Gasteiger partial charge in [0.15, 0.2) is 0 Å². The van der Waals surface area contributed by atoms with E-state index in [-0.39, 0.29) is 11.9 Å². The summed E-state index contributed by atoms with van der Waals surface area (Å²) >= 11 is 1.51. The molecular formula is C20H19N3OS. The standard InChI is InChI=1S/C20H19N3OS/c1-15(23-20(24)14-25-19-8-11-21-12-9-19)16-4-6-17(7-5-16)18-3-2-10-22-13-18/h2-13,15H,14H2,1H3,(H,23,24)/t15-/m1/s1. The predicted octanol–water partition coefficient (Wildman–Crippen LogP) is 4.11. The van der Waals surface area contributed by atoms with Crippen molar-refractivity contribution in [2.75, 3.05) is 5.75 Å². The Morgan fingerprint density at radius 2 is 1.76 bits per heavy atom. The minimum atomic E-state index is -0.0338. The van der Waals surface area contributed by atoms with Gasteiger partial charge >= 0.3 is 0 Å². The monoisotopic (exact) mass is 349 g/mol. The van der Waals surface area contributed by atoms with Crippen molar-refractivity contribution in [3.63, 3.8) is 0 Å². The third kappa shape index (κ3) is 4.90. The first kappa shape index (κ1) is 17.2. The fourth-order valence-corrected chi connectivity index (χ4v) is 3.14. The Balaban J connectivity index is 1.55. The van der Waals surface area contributed by atoms with Gasteiger partial charge in [0, 0.05) is 29.7 Å². The summed E-state index contributed by atoms with van der Waals surface area (Å²) in [5.41, 5.74) is 3.28. The van der Waals surface area contributed by atoms with Crippen LogP contribution in [0.3, 0.4) is 0 Å². The van der Waals surface area contributed by atoms with Crippen LogP contribution in [0.25, 0.3) is 11.1 Å². The zero-order chi connectivity index (χ0) is 17.5. The first-order valence-corrected chi connectivity index (χ1v) is 9.03. The largest absolute Gasteiger partial charge is 0.349 e. The van der Waals surface area contributed by atoms with E-state index in [1.807, 2.05) is 49.5 Å². The number of benzene rings is 1. The molecule has 0 saturated carbocycles. The molecule has 3 aromatic rings. The second-order valence-electron chi connectivity index (χ2n) is 5.62. The summed E-state index contributed by atoms with van der Waals surface area (Å²) in [5.74, 6) is 0.410. The summed E-state index contributed by atoms with van der Waals surface area (Å²) in [4.78, 5) is 21.3. The quantitative estimate of drug-likeness (QED) is 0.680. The summed E-state index contributed by atoms with van der Waals surface area (Å²) < 4.78 is 0. The number of nitrogens with zero attached hydrogens (tertiary/aromatic N) is 2. The Morgan fingerprint density at radius 1 is 1.00 bits per heavy atom. The molecule has 0 aliphatic carbocycles. The van der Waals surface area contributed by atoms with Gasteiger partial charge in [0.1, 0.15) is 0 Å². The highest BCUT2D eigenvalue weighted by Gasteiger charge is 2.10. The molecule has 1 N–H and O–H groups in total. The summed E-state index contributed by atoms with van der Waals surface area (Å²) in [5, 5.41) is 3.04. The fourth-order valence-electron chi connectivity index (χ4n) is 2.45. The average molecular weight is 349 g/mol. The van der Waals surface area contributed by atoms with Gasteiger partial charge in [-0.15, -0.1) is 11.8 Å². The number of amides is 1. The third-order valence-electron chi connectivity index (χ3n) is 3.80. The number of hydrogen-bond donors (Lipinski definition) is 1. The molecule has 3 rings (SSSR count). The molecule has 4 nitrogen and oxygen atoms in total. The molecule has 0 saturated heterocycles. The van der Waals surface area contributed by atoms with Crippen LogP contribution in [-0.4, -0.2) is 21.6 Å². The lowest BCUT2D eigenvalue weighted by Gasteiger charge is -2.15. The van der Waals surface area contributed by atoms with Crippen LogP contribution in [0.1, 0.15) is 18.5 Å². The Labute approximate surface area is 151 Å². The van der Waals surface area contributed by atoms with Crippen molar-refractivity contribution in [1.82, 2.24) is 15.3 Å². The molecule has 0 bridgehead atoms. The van der Waals surface area contributed by atoms with Gasteiger partial charge in [0.05, 0.1) is 11.8 Å². The van der Waals surface area contributed by atoms with E-state index in [0.717, 1.165) is 21.6 Å². The second kappa shape index (κ2) is 8.44. The van der Waals surface area contributed by atoms with Crippen LogP contribution in [0.2, 0.25) is 0 Å². The molecule has 0 radical (unpaired) electrons. The Hall–Kier alpha value is -2.66. The van der Waals surface area contributed by atoms with Crippen LogP contribution in [0.15, 0.2) is 78.2 Å². The normalized spacial score (nSPS) is 11.7. The average Bonchev–Trinajstić information content (AvgIpc) is 2.68. The van der Waals surface area contributed by atoms with Crippen molar-refractivity contribution in [3.8, 4) is 11.1 Å².